The molecule has 218 valence electrons. The van der Waals surface area contributed by atoms with Gasteiger partial charge in [0, 0.05) is 72.1 Å². The molecule has 42 heavy (non-hydrogen) atoms. The average Bonchev–Trinajstić information content (AvgIpc) is 3.60. The molecule has 3 aliphatic heterocycles. The fourth-order valence-electron chi connectivity index (χ4n) is 6.72. The summed E-state index contributed by atoms with van der Waals surface area (Å²) < 4.78 is 31.9. The molecule has 1 amide bonds. The summed E-state index contributed by atoms with van der Waals surface area (Å²) >= 11 is 6.76. The number of H-pyrrole nitrogens is 1. The van der Waals surface area contributed by atoms with E-state index in [0.29, 0.717) is 66.8 Å². The second-order valence-electron chi connectivity index (χ2n) is 11.9. The fourth-order valence-corrected chi connectivity index (χ4v) is 7.00. The number of nitrogens with zero attached hydrogens (tertiary/aromatic N) is 7. The summed E-state index contributed by atoms with van der Waals surface area (Å²) in [6.45, 7) is 9.09. The predicted octanol–water partition coefficient (Wildman–Crippen LogP) is 4.47. The Kier molecular flexibility index (Phi) is 6.18. The molecule has 3 fully saturated rings. The van der Waals surface area contributed by atoms with Crippen molar-refractivity contribution in [3.63, 3.8) is 0 Å². The van der Waals surface area contributed by atoms with Crippen molar-refractivity contribution in [2.24, 2.45) is 5.41 Å². The second kappa shape index (κ2) is 9.60. The van der Waals surface area contributed by atoms with Crippen molar-refractivity contribution in [3.05, 3.63) is 53.7 Å². The van der Waals surface area contributed by atoms with Gasteiger partial charge in [0.25, 0.3) is 0 Å². The third-order valence-corrected chi connectivity index (χ3v) is 9.82. The molecule has 1 N–H and O–H groups in total. The van der Waals surface area contributed by atoms with Gasteiger partial charge in [0.05, 0.1) is 16.7 Å². The summed E-state index contributed by atoms with van der Waals surface area (Å²) in [6, 6.07) is 4.90. The molecular weight excluding hydrogens is 562 g/mol. The zero-order valence-electron chi connectivity index (χ0n) is 23.7. The van der Waals surface area contributed by atoms with Crippen molar-refractivity contribution in [2.75, 3.05) is 56.6 Å². The molecule has 12 heteroatoms. The van der Waals surface area contributed by atoms with Gasteiger partial charge in [0.1, 0.15) is 17.2 Å². The highest BCUT2D eigenvalue weighted by Gasteiger charge is 2.55. The molecule has 0 radical (unpaired) electrons. The van der Waals surface area contributed by atoms with Crippen LogP contribution in [0.25, 0.3) is 32.9 Å². The van der Waals surface area contributed by atoms with Crippen LogP contribution in [0, 0.1) is 17.0 Å². The van der Waals surface area contributed by atoms with Crippen LogP contribution in [-0.2, 0) is 4.79 Å². The van der Waals surface area contributed by atoms with Gasteiger partial charge in [-0.05, 0) is 51.7 Å². The number of anilines is 2. The van der Waals surface area contributed by atoms with Crippen molar-refractivity contribution in [3.8, 4) is 11.1 Å². The summed E-state index contributed by atoms with van der Waals surface area (Å²) in [5, 5.41) is 7.97. The Balaban J connectivity index is 1.35. The van der Waals surface area contributed by atoms with Gasteiger partial charge in [-0.15, -0.1) is 0 Å². The van der Waals surface area contributed by atoms with E-state index in [4.69, 9.17) is 21.6 Å². The van der Waals surface area contributed by atoms with Crippen LogP contribution in [0.2, 0.25) is 5.02 Å². The van der Waals surface area contributed by atoms with E-state index in [-0.39, 0.29) is 39.0 Å². The van der Waals surface area contributed by atoms with Crippen LogP contribution in [0.1, 0.15) is 13.3 Å². The lowest BCUT2D eigenvalue weighted by Crippen LogP contribution is -2.65. The lowest BCUT2D eigenvalue weighted by molar-refractivity contribution is -0.145. The van der Waals surface area contributed by atoms with Crippen LogP contribution in [-0.4, -0.2) is 94.8 Å². The number of aromatic nitrogens is 4. The third kappa shape index (κ3) is 3.90. The van der Waals surface area contributed by atoms with E-state index in [1.807, 2.05) is 23.9 Å². The molecule has 9 nitrogen and oxygen atoms in total. The molecule has 2 aromatic heterocycles. The van der Waals surface area contributed by atoms with Crippen molar-refractivity contribution in [1.82, 2.24) is 30.0 Å². The largest absolute Gasteiger partial charge is 0.355 e. The fraction of sp³-hybridized carbons (Fsp3) is 0.400. The van der Waals surface area contributed by atoms with E-state index in [1.165, 1.54) is 12.1 Å². The number of amides is 1. The highest BCUT2D eigenvalue weighted by molar-refractivity contribution is 6.35. The van der Waals surface area contributed by atoms with Crippen LogP contribution < -0.4 is 9.80 Å². The molecule has 2 atom stereocenters. The van der Waals surface area contributed by atoms with Gasteiger partial charge in [-0.25, -0.2) is 13.8 Å². The molecule has 7 rings (SSSR count). The Labute approximate surface area is 246 Å². The summed E-state index contributed by atoms with van der Waals surface area (Å²) in [6.07, 6.45) is 3.77. The van der Waals surface area contributed by atoms with E-state index in [2.05, 4.69) is 33.5 Å². The molecule has 3 saturated heterocycles. The Hall–Kier alpha value is -3.83. The number of hydrogen-bond acceptors (Lipinski definition) is 7. The van der Waals surface area contributed by atoms with Gasteiger partial charge in [-0.3, -0.25) is 9.89 Å². The van der Waals surface area contributed by atoms with E-state index in [1.54, 1.807) is 18.3 Å². The Morgan fingerprint density at radius 1 is 1.19 bits per heavy atom. The molecule has 2 aromatic carbocycles. The van der Waals surface area contributed by atoms with Crippen LogP contribution in [0.5, 0.6) is 0 Å². The molecule has 1 spiro atoms. The Morgan fingerprint density at radius 3 is 2.69 bits per heavy atom. The van der Waals surface area contributed by atoms with Gasteiger partial charge in [0.15, 0.2) is 5.82 Å². The number of nitrogens with one attached hydrogen (secondary N) is 1. The van der Waals surface area contributed by atoms with E-state index < -0.39 is 11.6 Å². The minimum atomic E-state index is -0.707. The van der Waals surface area contributed by atoms with Crippen LogP contribution >= 0.6 is 11.6 Å². The molecule has 4 aromatic rings. The molecule has 3 aliphatic rings. The summed E-state index contributed by atoms with van der Waals surface area (Å²) in [7, 11) is 4.05. The number of benzene rings is 2. The zero-order chi connectivity index (χ0) is 29.5. The maximum atomic E-state index is 16.7. The number of carbonyl (C=O) groups is 1. The lowest BCUT2D eigenvalue weighted by atomic mass is 9.71. The predicted molar refractivity (Wildman–Crippen MR) is 160 cm³/mol. The lowest BCUT2D eigenvalue weighted by Gasteiger charge is -2.54. The van der Waals surface area contributed by atoms with Gasteiger partial charge in [-0.1, -0.05) is 18.2 Å². The van der Waals surface area contributed by atoms with Crippen molar-refractivity contribution >= 4 is 51.1 Å². The van der Waals surface area contributed by atoms with Crippen LogP contribution in [0.3, 0.4) is 0 Å². The minimum absolute atomic E-state index is 0.0168. The number of halogens is 3. The molecule has 0 bridgehead atoms. The third-order valence-electron chi connectivity index (χ3n) is 9.52. The first-order valence-electron chi connectivity index (χ1n) is 14.0. The first-order valence-corrected chi connectivity index (χ1v) is 14.4. The van der Waals surface area contributed by atoms with Gasteiger partial charge >= 0.3 is 0 Å². The number of likely N-dealkylation sites (tertiary alicyclic amines) is 1. The summed E-state index contributed by atoms with van der Waals surface area (Å²) in [5.41, 5.74) is 0.309. The second-order valence-corrected chi connectivity index (χ2v) is 12.4. The highest BCUT2D eigenvalue weighted by atomic mass is 35.5. The molecule has 0 aliphatic carbocycles. The summed E-state index contributed by atoms with van der Waals surface area (Å²) in [5.74, 6) is -0.378. The minimum Gasteiger partial charge on any atom is -0.355 e. The molecule has 2 unspecified atom stereocenters. The quantitative estimate of drug-likeness (QED) is 0.342. The van der Waals surface area contributed by atoms with Crippen molar-refractivity contribution < 1.29 is 13.6 Å². The normalized spacial score (nSPS) is 22.5. The van der Waals surface area contributed by atoms with Gasteiger partial charge < -0.3 is 19.6 Å². The SMILES string of the molecule is C=CC(=O)N1CC2(CCN(c3nc(N4CC(N(C)C)C4)nc4c(F)c(-c5c(F)ccc6cn[nH]c56)c(Cl)cc34)C2)C1C. The number of carbonyl (C=O) groups excluding carboxylic acids is 1. The van der Waals surface area contributed by atoms with Gasteiger partial charge in [-0.2, -0.15) is 10.1 Å². The van der Waals surface area contributed by atoms with Crippen LogP contribution in [0.15, 0.2) is 37.1 Å². The highest BCUT2D eigenvalue weighted by Crippen LogP contribution is 2.48. The number of aromatic amines is 1. The standard InChI is InChI=1S/C30H31ClF2N8O/c1-5-22(42)41-15-30(16(41)2)8-9-39(14-30)28-19-10-20(31)23(24-21(32)7-6-17-11-34-37-26(17)24)25(33)27(19)35-29(36-28)40-12-18(13-40)38(3)4/h5-7,10-11,16,18H,1,8-9,12-15H2,2-4H3,(H,34,37). The first kappa shape index (κ1) is 27.0. The average molecular weight is 593 g/mol. The first-order chi connectivity index (χ1) is 20.1. The molecule has 0 saturated carbocycles. The Bertz CT molecular complexity index is 1770. The maximum Gasteiger partial charge on any atom is 0.246 e. The van der Waals surface area contributed by atoms with E-state index >= 15 is 8.78 Å². The van der Waals surface area contributed by atoms with E-state index in [9.17, 15) is 4.79 Å². The Morgan fingerprint density at radius 2 is 1.98 bits per heavy atom. The number of fused-ring (bicyclic) bond motifs is 2. The maximum absolute atomic E-state index is 16.7. The van der Waals surface area contributed by atoms with E-state index in [0.717, 1.165) is 6.42 Å². The van der Waals surface area contributed by atoms with Crippen molar-refractivity contribution in [2.45, 2.75) is 25.4 Å². The topological polar surface area (TPSA) is 84.5 Å². The number of likely N-dealkylation sites (N-methyl/N-ethyl adjacent to an activating group) is 1. The summed E-state index contributed by atoms with van der Waals surface area (Å²) in [4.78, 5) is 30.1. The smallest absolute Gasteiger partial charge is 0.246 e. The molecular formula is C30H31ClF2N8O. The zero-order valence-corrected chi connectivity index (χ0v) is 24.4. The number of hydrogen-bond donors (Lipinski definition) is 1. The van der Waals surface area contributed by atoms with Crippen LogP contribution in [0.4, 0.5) is 20.5 Å². The van der Waals surface area contributed by atoms with Gasteiger partial charge in [0.2, 0.25) is 11.9 Å². The number of rotatable bonds is 5. The van der Waals surface area contributed by atoms with Crippen molar-refractivity contribution in [1.29, 1.82) is 0 Å². The molecule has 5 heterocycles. The monoisotopic (exact) mass is 592 g/mol.